The summed E-state index contributed by atoms with van der Waals surface area (Å²) in [6.07, 6.45) is 8.03. The van der Waals surface area contributed by atoms with Crippen LogP contribution in [0.1, 0.15) is 36.0 Å². The fraction of sp³-hybridized carbons (Fsp3) is 0.500. The number of aryl methyl sites for hydroxylation is 1. The number of hydrogen-bond donors (Lipinski definition) is 1. The molecule has 2 aromatic rings. The molecule has 2 aromatic heterocycles. The molecule has 1 unspecified atom stereocenters. The number of imidazole rings is 1. The third kappa shape index (κ3) is 2.65. The highest BCUT2D eigenvalue weighted by Gasteiger charge is 2.23. The quantitative estimate of drug-likeness (QED) is 0.866. The molecule has 2 heterocycles. The van der Waals surface area contributed by atoms with Gasteiger partial charge in [0.2, 0.25) is 0 Å². The van der Waals surface area contributed by atoms with Gasteiger partial charge in [-0.05, 0) is 30.3 Å². The molecular formula is C14H19N3S. The first-order valence-corrected chi connectivity index (χ1v) is 7.46. The summed E-state index contributed by atoms with van der Waals surface area (Å²) in [6.45, 7) is 1.08. The largest absolute Gasteiger partial charge is 0.336 e. The van der Waals surface area contributed by atoms with E-state index < -0.39 is 0 Å². The van der Waals surface area contributed by atoms with Crippen LogP contribution in [0.5, 0.6) is 0 Å². The molecule has 1 atom stereocenters. The van der Waals surface area contributed by atoms with Gasteiger partial charge in [-0.15, -0.1) is 11.3 Å². The summed E-state index contributed by atoms with van der Waals surface area (Å²) < 4.78 is 2.11. The van der Waals surface area contributed by atoms with E-state index in [2.05, 4.69) is 39.4 Å². The van der Waals surface area contributed by atoms with E-state index in [1.807, 2.05) is 12.4 Å². The number of aromatic nitrogens is 2. The van der Waals surface area contributed by atoms with E-state index in [1.165, 1.54) is 24.1 Å². The molecule has 1 N–H and O–H groups in total. The maximum absolute atomic E-state index is 4.49. The van der Waals surface area contributed by atoms with E-state index in [0.717, 1.165) is 18.3 Å². The van der Waals surface area contributed by atoms with Gasteiger partial charge in [0, 0.05) is 24.3 Å². The smallest absolute Gasteiger partial charge is 0.131 e. The topological polar surface area (TPSA) is 29.9 Å². The number of thiophene rings is 1. The van der Waals surface area contributed by atoms with Gasteiger partial charge in [0.1, 0.15) is 11.9 Å². The molecule has 0 amide bonds. The van der Waals surface area contributed by atoms with Gasteiger partial charge < -0.3 is 9.88 Å². The van der Waals surface area contributed by atoms with Gasteiger partial charge in [0.05, 0.1) is 0 Å². The van der Waals surface area contributed by atoms with E-state index >= 15 is 0 Å². The van der Waals surface area contributed by atoms with Crippen molar-refractivity contribution in [2.24, 2.45) is 13.0 Å². The first-order chi connectivity index (χ1) is 8.84. The zero-order chi connectivity index (χ0) is 12.4. The molecule has 18 heavy (non-hydrogen) atoms. The van der Waals surface area contributed by atoms with Crippen molar-refractivity contribution in [3.8, 4) is 0 Å². The lowest BCUT2D eigenvalue weighted by atomic mass is 10.2. The van der Waals surface area contributed by atoms with E-state index in [1.54, 1.807) is 11.3 Å². The zero-order valence-electron chi connectivity index (χ0n) is 10.7. The van der Waals surface area contributed by atoms with Crippen molar-refractivity contribution in [3.63, 3.8) is 0 Å². The van der Waals surface area contributed by atoms with Gasteiger partial charge in [-0.25, -0.2) is 4.98 Å². The van der Waals surface area contributed by atoms with E-state index in [-0.39, 0.29) is 6.04 Å². The molecule has 0 aromatic carbocycles. The third-order valence-electron chi connectivity index (χ3n) is 3.54. The van der Waals surface area contributed by atoms with E-state index in [9.17, 15) is 0 Å². The van der Waals surface area contributed by atoms with Gasteiger partial charge in [-0.3, -0.25) is 0 Å². The number of nitrogens with one attached hydrogen (secondary N) is 1. The molecule has 1 fully saturated rings. The molecule has 3 rings (SSSR count). The number of rotatable bonds is 6. The van der Waals surface area contributed by atoms with Crippen LogP contribution in [0, 0.1) is 5.92 Å². The highest BCUT2D eigenvalue weighted by molar-refractivity contribution is 7.10. The Balaban J connectivity index is 1.73. The minimum Gasteiger partial charge on any atom is -0.336 e. The SMILES string of the molecule is Cn1ccnc1C(NCCC1CC1)c1cccs1. The fourth-order valence-corrected chi connectivity index (χ4v) is 3.06. The van der Waals surface area contributed by atoms with Crippen LogP contribution in [0.25, 0.3) is 0 Å². The second-order valence-electron chi connectivity index (χ2n) is 5.03. The average Bonchev–Trinajstić information content (AvgIpc) is 2.88. The summed E-state index contributed by atoms with van der Waals surface area (Å²) in [5.74, 6) is 2.08. The van der Waals surface area contributed by atoms with Crippen molar-refractivity contribution in [1.82, 2.24) is 14.9 Å². The Morgan fingerprint density at radius 2 is 2.44 bits per heavy atom. The predicted molar refractivity (Wildman–Crippen MR) is 74.7 cm³/mol. The molecule has 0 spiro atoms. The molecule has 1 aliphatic rings. The second-order valence-corrected chi connectivity index (χ2v) is 6.01. The van der Waals surface area contributed by atoms with Crippen LogP contribution in [0.2, 0.25) is 0 Å². The van der Waals surface area contributed by atoms with Crippen molar-refractivity contribution in [2.75, 3.05) is 6.54 Å². The van der Waals surface area contributed by atoms with Crippen molar-refractivity contribution in [3.05, 3.63) is 40.6 Å². The fourth-order valence-electron chi connectivity index (χ4n) is 2.27. The standard InChI is InChI=1S/C14H19N3S/c1-17-9-8-16-14(17)13(12-3-2-10-18-12)15-7-6-11-4-5-11/h2-3,8-11,13,15H,4-7H2,1H3. The van der Waals surface area contributed by atoms with Gasteiger partial charge in [-0.2, -0.15) is 0 Å². The van der Waals surface area contributed by atoms with Gasteiger partial charge in [0.15, 0.2) is 0 Å². The average molecular weight is 261 g/mol. The molecule has 0 bridgehead atoms. The van der Waals surface area contributed by atoms with Crippen LogP contribution in [0.3, 0.4) is 0 Å². The molecule has 0 aliphatic heterocycles. The van der Waals surface area contributed by atoms with Gasteiger partial charge in [-0.1, -0.05) is 18.9 Å². The first kappa shape index (κ1) is 11.9. The third-order valence-corrected chi connectivity index (χ3v) is 4.48. The van der Waals surface area contributed by atoms with Crippen molar-refractivity contribution < 1.29 is 0 Å². The lowest BCUT2D eigenvalue weighted by Crippen LogP contribution is -2.25. The summed E-state index contributed by atoms with van der Waals surface area (Å²) in [4.78, 5) is 5.84. The lowest BCUT2D eigenvalue weighted by Gasteiger charge is -2.17. The Bertz CT molecular complexity index is 485. The van der Waals surface area contributed by atoms with Crippen LogP contribution in [0.15, 0.2) is 29.9 Å². The van der Waals surface area contributed by atoms with E-state index in [0.29, 0.717) is 0 Å². The molecule has 3 nitrogen and oxygen atoms in total. The monoisotopic (exact) mass is 261 g/mol. The van der Waals surface area contributed by atoms with Gasteiger partial charge in [0.25, 0.3) is 0 Å². The Labute approximate surface area is 112 Å². The maximum Gasteiger partial charge on any atom is 0.131 e. The Hall–Kier alpha value is -1.13. The Morgan fingerprint density at radius 1 is 1.56 bits per heavy atom. The molecule has 0 radical (unpaired) electrons. The van der Waals surface area contributed by atoms with Crippen molar-refractivity contribution in [1.29, 1.82) is 0 Å². The number of nitrogens with zero attached hydrogens (tertiary/aromatic N) is 2. The molecular weight excluding hydrogens is 242 g/mol. The minimum absolute atomic E-state index is 0.240. The zero-order valence-corrected chi connectivity index (χ0v) is 11.5. The summed E-state index contributed by atoms with van der Waals surface area (Å²) in [7, 11) is 2.06. The molecule has 0 saturated heterocycles. The summed E-state index contributed by atoms with van der Waals surface area (Å²) >= 11 is 1.80. The molecule has 1 saturated carbocycles. The highest BCUT2D eigenvalue weighted by Crippen LogP contribution is 2.32. The molecule has 4 heteroatoms. The summed E-state index contributed by atoms with van der Waals surface area (Å²) in [5, 5.41) is 5.80. The van der Waals surface area contributed by atoms with Crippen LogP contribution in [0.4, 0.5) is 0 Å². The summed E-state index contributed by atoms with van der Waals surface area (Å²) in [6, 6.07) is 4.54. The predicted octanol–water partition coefficient (Wildman–Crippen LogP) is 2.96. The normalized spacial score (nSPS) is 16.9. The summed E-state index contributed by atoms with van der Waals surface area (Å²) in [5.41, 5.74) is 0. The second kappa shape index (κ2) is 5.24. The highest BCUT2D eigenvalue weighted by atomic mass is 32.1. The van der Waals surface area contributed by atoms with E-state index in [4.69, 9.17) is 0 Å². The molecule has 96 valence electrons. The van der Waals surface area contributed by atoms with Crippen LogP contribution < -0.4 is 5.32 Å². The van der Waals surface area contributed by atoms with Crippen LogP contribution in [-0.2, 0) is 7.05 Å². The number of hydrogen-bond acceptors (Lipinski definition) is 3. The minimum atomic E-state index is 0.240. The Morgan fingerprint density at radius 3 is 3.06 bits per heavy atom. The van der Waals surface area contributed by atoms with Crippen molar-refractivity contribution >= 4 is 11.3 Å². The Kier molecular flexibility index (Phi) is 3.48. The lowest BCUT2D eigenvalue weighted by molar-refractivity contribution is 0.536. The van der Waals surface area contributed by atoms with Crippen LogP contribution in [-0.4, -0.2) is 16.1 Å². The van der Waals surface area contributed by atoms with Crippen LogP contribution >= 0.6 is 11.3 Å². The van der Waals surface area contributed by atoms with Gasteiger partial charge >= 0.3 is 0 Å². The molecule has 1 aliphatic carbocycles. The first-order valence-electron chi connectivity index (χ1n) is 6.58. The maximum atomic E-state index is 4.49. The van der Waals surface area contributed by atoms with Crippen molar-refractivity contribution in [2.45, 2.75) is 25.3 Å².